The first-order valence-electron chi connectivity index (χ1n) is 5.65. The molecule has 17 heavy (non-hydrogen) atoms. The van der Waals surface area contributed by atoms with Gasteiger partial charge in [-0.15, -0.1) is 10.2 Å². The Hall–Kier alpha value is -0.730. The van der Waals surface area contributed by atoms with Gasteiger partial charge in [0.2, 0.25) is 15.2 Å². The van der Waals surface area contributed by atoms with E-state index in [-0.39, 0.29) is 5.75 Å². The Balaban J connectivity index is 2.05. The lowest BCUT2D eigenvalue weighted by Crippen LogP contribution is -2.28. The maximum Gasteiger partial charge on any atom is 0.234 e. The number of hydrogen-bond donors (Lipinski definition) is 2. The van der Waals surface area contributed by atoms with Crippen LogP contribution in [0.3, 0.4) is 0 Å². The molecule has 1 aliphatic rings. The van der Waals surface area contributed by atoms with Gasteiger partial charge in [-0.2, -0.15) is 0 Å². The second-order valence-electron chi connectivity index (χ2n) is 3.99. The van der Waals surface area contributed by atoms with Crippen molar-refractivity contribution in [2.45, 2.75) is 25.7 Å². The van der Waals surface area contributed by atoms with E-state index in [9.17, 15) is 8.42 Å². The Labute approximate surface area is 105 Å². The summed E-state index contributed by atoms with van der Waals surface area (Å²) < 4.78 is 25.2. The maximum absolute atomic E-state index is 11.4. The van der Waals surface area contributed by atoms with E-state index in [1.54, 1.807) is 6.92 Å². The summed E-state index contributed by atoms with van der Waals surface area (Å²) in [6.45, 7) is 3.54. The molecule has 1 aromatic rings. The van der Waals surface area contributed by atoms with Crippen molar-refractivity contribution in [2.75, 3.05) is 23.6 Å². The monoisotopic (exact) mass is 276 g/mol. The molecule has 1 aromatic heterocycles. The molecule has 0 amide bonds. The molecule has 6 nitrogen and oxygen atoms in total. The Morgan fingerprint density at radius 3 is 3.00 bits per heavy atom. The summed E-state index contributed by atoms with van der Waals surface area (Å²) in [4.78, 5) is 0. The molecule has 0 bridgehead atoms. The van der Waals surface area contributed by atoms with Crippen LogP contribution in [-0.4, -0.2) is 37.5 Å². The van der Waals surface area contributed by atoms with E-state index in [1.807, 2.05) is 0 Å². The second kappa shape index (κ2) is 5.28. The van der Waals surface area contributed by atoms with Crippen molar-refractivity contribution in [3.63, 3.8) is 0 Å². The molecule has 0 aromatic carbocycles. The third-order valence-corrected chi connectivity index (χ3v) is 5.10. The molecule has 0 radical (unpaired) electrons. The summed E-state index contributed by atoms with van der Waals surface area (Å²) in [5, 5.41) is 12.5. The molecular weight excluding hydrogens is 260 g/mol. The van der Waals surface area contributed by atoms with Crippen LogP contribution in [0.1, 0.15) is 30.7 Å². The van der Waals surface area contributed by atoms with Crippen molar-refractivity contribution < 1.29 is 8.42 Å². The van der Waals surface area contributed by atoms with Gasteiger partial charge in [-0.3, -0.25) is 4.72 Å². The number of nitrogens with one attached hydrogen (secondary N) is 2. The number of piperidine rings is 1. The Morgan fingerprint density at radius 1 is 1.53 bits per heavy atom. The quantitative estimate of drug-likeness (QED) is 0.848. The lowest BCUT2D eigenvalue weighted by atomic mass is 10.0. The minimum Gasteiger partial charge on any atom is -0.316 e. The molecule has 0 aliphatic carbocycles. The van der Waals surface area contributed by atoms with Crippen molar-refractivity contribution in [1.29, 1.82) is 0 Å². The van der Waals surface area contributed by atoms with Crippen LogP contribution < -0.4 is 10.0 Å². The summed E-state index contributed by atoms with van der Waals surface area (Å²) in [6.07, 6.45) is 2.21. The zero-order valence-electron chi connectivity index (χ0n) is 9.64. The molecule has 1 fully saturated rings. The van der Waals surface area contributed by atoms with E-state index in [1.165, 1.54) is 11.3 Å². The van der Waals surface area contributed by atoms with Crippen LogP contribution in [0.15, 0.2) is 0 Å². The van der Waals surface area contributed by atoms with Gasteiger partial charge >= 0.3 is 0 Å². The molecule has 8 heteroatoms. The van der Waals surface area contributed by atoms with Crippen LogP contribution in [0.2, 0.25) is 0 Å². The minimum atomic E-state index is -3.25. The predicted molar refractivity (Wildman–Crippen MR) is 67.8 cm³/mol. The molecule has 0 saturated carbocycles. The van der Waals surface area contributed by atoms with E-state index in [2.05, 4.69) is 20.2 Å². The van der Waals surface area contributed by atoms with E-state index in [0.29, 0.717) is 11.0 Å². The van der Waals surface area contributed by atoms with Gasteiger partial charge in [-0.1, -0.05) is 11.3 Å². The highest BCUT2D eigenvalue weighted by Crippen LogP contribution is 2.28. The van der Waals surface area contributed by atoms with Crippen molar-refractivity contribution >= 4 is 26.5 Å². The van der Waals surface area contributed by atoms with Gasteiger partial charge in [-0.25, -0.2) is 8.42 Å². The Kier molecular flexibility index (Phi) is 3.95. The highest BCUT2D eigenvalue weighted by molar-refractivity contribution is 7.92. The van der Waals surface area contributed by atoms with Crippen LogP contribution in [-0.2, 0) is 10.0 Å². The standard InChI is InChI=1S/C9H16N4O2S2/c1-2-17(14,15)13-9-12-11-8(16-9)7-4-3-5-10-6-7/h7,10H,2-6H2,1H3,(H,12,13). The van der Waals surface area contributed by atoms with Gasteiger partial charge in [-0.05, 0) is 26.3 Å². The van der Waals surface area contributed by atoms with E-state index in [0.717, 1.165) is 30.9 Å². The molecular formula is C9H16N4O2S2. The van der Waals surface area contributed by atoms with Crippen molar-refractivity contribution in [2.24, 2.45) is 0 Å². The van der Waals surface area contributed by atoms with Crippen LogP contribution in [0.25, 0.3) is 0 Å². The zero-order valence-corrected chi connectivity index (χ0v) is 11.3. The molecule has 1 unspecified atom stereocenters. The molecule has 1 atom stereocenters. The number of aromatic nitrogens is 2. The molecule has 96 valence electrons. The van der Waals surface area contributed by atoms with Crippen LogP contribution in [0.5, 0.6) is 0 Å². The average Bonchev–Trinajstić information content (AvgIpc) is 2.78. The summed E-state index contributed by atoms with van der Waals surface area (Å²) in [5.41, 5.74) is 0. The third-order valence-electron chi connectivity index (χ3n) is 2.71. The number of rotatable bonds is 4. The topological polar surface area (TPSA) is 84.0 Å². The van der Waals surface area contributed by atoms with Gasteiger partial charge in [0.1, 0.15) is 5.01 Å². The molecule has 1 saturated heterocycles. The van der Waals surface area contributed by atoms with Gasteiger partial charge < -0.3 is 5.32 Å². The normalized spacial score (nSPS) is 21.4. The van der Waals surface area contributed by atoms with E-state index in [4.69, 9.17) is 0 Å². The van der Waals surface area contributed by atoms with Gasteiger partial charge in [0, 0.05) is 12.5 Å². The van der Waals surface area contributed by atoms with Crippen LogP contribution >= 0.6 is 11.3 Å². The van der Waals surface area contributed by atoms with Crippen molar-refractivity contribution in [3.8, 4) is 0 Å². The third kappa shape index (κ3) is 3.36. The smallest absolute Gasteiger partial charge is 0.234 e. The van der Waals surface area contributed by atoms with Gasteiger partial charge in [0.15, 0.2) is 0 Å². The number of sulfonamides is 1. The number of nitrogens with zero attached hydrogens (tertiary/aromatic N) is 2. The number of hydrogen-bond acceptors (Lipinski definition) is 6. The Morgan fingerprint density at radius 2 is 2.35 bits per heavy atom. The van der Waals surface area contributed by atoms with Gasteiger partial charge in [0.25, 0.3) is 0 Å². The summed E-state index contributed by atoms with van der Waals surface area (Å²) >= 11 is 1.33. The fraction of sp³-hybridized carbons (Fsp3) is 0.778. The first-order valence-corrected chi connectivity index (χ1v) is 8.12. The molecule has 2 heterocycles. The Bertz CT molecular complexity index is 465. The fourth-order valence-corrected chi connectivity index (χ4v) is 3.44. The summed E-state index contributed by atoms with van der Waals surface area (Å²) in [5.74, 6) is 0.411. The van der Waals surface area contributed by atoms with Crippen LogP contribution in [0, 0.1) is 0 Å². The minimum absolute atomic E-state index is 0.0485. The maximum atomic E-state index is 11.4. The van der Waals surface area contributed by atoms with E-state index < -0.39 is 10.0 Å². The summed E-state index contributed by atoms with van der Waals surface area (Å²) in [7, 11) is -3.25. The molecule has 1 aliphatic heterocycles. The largest absolute Gasteiger partial charge is 0.316 e. The lowest BCUT2D eigenvalue weighted by Gasteiger charge is -2.19. The second-order valence-corrected chi connectivity index (χ2v) is 7.01. The first kappa shape index (κ1) is 12.7. The van der Waals surface area contributed by atoms with Crippen LogP contribution in [0.4, 0.5) is 5.13 Å². The SMILES string of the molecule is CCS(=O)(=O)Nc1nnc(C2CCCNC2)s1. The van der Waals surface area contributed by atoms with E-state index >= 15 is 0 Å². The number of anilines is 1. The molecule has 2 N–H and O–H groups in total. The highest BCUT2D eigenvalue weighted by Gasteiger charge is 2.20. The molecule has 2 rings (SSSR count). The van der Waals surface area contributed by atoms with Gasteiger partial charge in [0.05, 0.1) is 5.75 Å². The first-order chi connectivity index (χ1) is 8.11. The summed E-state index contributed by atoms with van der Waals surface area (Å²) in [6, 6.07) is 0. The fourth-order valence-electron chi connectivity index (χ4n) is 1.71. The zero-order chi connectivity index (χ0) is 12.3. The van der Waals surface area contributed by atoms with Crippen molar-refractivity contribution in [1.82, 2.24) is 15.5 Å². The molecule has 0 spiro atoms. The lowest BCUT2D eigenvalue weighted by molar-refractivity contribution is 0.458. The average molecular weight is 276 g/mol. The highest BCUT2D eigenvalue weighted by atomic mass is 32.2. The van der Waals surface area contributed by atoms with Crippen molar-refractivity contribution in [3.05, 3.63) is 5.01 Å². The predicted octanol–water partition coefficient (Wildman–Crippen LogP) is 0.767.